The van der Waals surface area contributed by atoms with Crippen molar-refractivity contribution in [1.82, 2.24) is 4.72 Å². The summed E-state index contributed by atoms with van der Waals surface area (Å²) in [5.74, 6) is -0.345. The first-order valence-corrected chi connectivity index (χ1v) is 9.32. The molecule has 1 fully saturated rings. The molecular formula is C16H26ClN3O4S. The SMILES string of the molecule is CCOC1CC(N)(C(=O)Nc2cccc(S(=O)(=O)NC)c2)C1(C)C.Cl. The maximum Gasteiger partial charge on any atom is 0.245 e. The monoisotopic (exact) mass is 391 g/mol. The molecule has 2 rings (SSSR count). The zero-order chi connectivity index (χ0) is 18.2. The second-order valence-corrected chi connectivity index (χ2v) is 8.42. The zero-order valence-electron chi connectivity index (χ0n) is 14.8. The first-order chi connectivity index (χ1) is 11.1. The molecule has 0 radical (unpaired) electrons. The number of nitrogens with two attached hydrogens (primary N) is 1. The number of amides is 1. The Labute approximate surface area is 155 Å². The Balaban J connectivity index is 0.00000312. The van der Waals surface area contributed by atoms with Crippen molar-refractivity contribution in [3.8, 4) is 0 Å². The molecular weight excluding hydrogens is 366 g/mol. The fourth-order valence-corrected chi connectivity index (χ4v) is 3.70. The van der Waals surface area contributed by atoms with Gasteiger partial charge in [0.15, 0.2) is 0 Å². The lowest BCUT2D eigenvalue weighted by molar-refractivity contribution is -0.166. The number of hydrogen-bond acceptors (Lipinski definition) is 5. The number of sulfonamides is 1. The quantitative estimate of drug-likeness (QED) is 0.680. The summed E-state index contributed by atoms with van der Waals surface area (Å²) in [7, 11) is -2.24. The van der Waals surface area contributed by atoms with Crippen molar-refractivity contribution in [1.29, 1.82) is 0 Å². The van der Waals surface area contributed by atoms with Crippen molar-refractivity contribution in [2.75, 3.05) is 19.0 Å². The van der Waals surface area contributed by atoms with Crippen LogP contribution in [0.4, 0.5) is 5.69 Å². The van der Waals surface area contributed by atoms with Crippen molar-refractivity contribution in [2.45, 2.75) is 43.7 Å². The number of nitrogens with one attached hydrogen (secondary N) is 2. The third-order valence-corrected chi connectivity index (χ3v) is 6.32. The van der Waals surface area contributed by atoms with E-state index in [4.69, 9.17) is 10.5 Å². The first kappa shape index (κ1) is 21.9. The maximum absolute atomic E-state index is 12.7. The van der Waals surface area contributed by atoms with E-state index in [9.17, 15) is 13.2 Å². The Kier molecular flexibility index (Phi) is 6.63. The summed E-state index contributed by atoms with van der Waals surface area (Å²) in [5, 5.41) is 2.73. The van der Waals surface area contributed by atoms with E-state index in [2.05, 4.69) is 10.0 Å². The number of carbonyl (C=O) groups excluding carboxylic acids is 1. The van der Waals surface area contributed by atoms with E-state index in [1.54, 1.807) is 12.1 Å². The fraction of sp³-hybridized carbons (Fsp3) is 0.562. The Morgan fingerprint density at radius 3 is 2.56 bits per heavy atom. The molecule has 25 heavy (non-hydrogen) atoms. The van der Waals surface area contributed by atoms with Gasteiger partial charge in [-0.05, 0) is 32.2 Å². The van der Waals surface area contributed by atoms with Gasteiger partial charge in [-0.15, -0.1) is 12.4 Å². The molecule has 1 aliphatic rings. The molecule has 9 heteroatoms. The fourth-order valence-electron chi connectivity index (χ4n) is 2.92. The van der Waals surface area contributed by atoms with Crippen LogP contribution < -0.4 is 15.8 Å². The molecule has 2 atom stereocenters. The number of halogens is 1. The predicted molar refractivity (Wildman–Crippen MR) is 99.3 cm³/mol. The number of carbonyl (C=O) groups is 1. The van der Waals surface area contributed by atoms with Crippen LogP contribution in [0.2, 0.25) is 0 Å². The molecule has 1 aromatic rings. The topological polar surface area (TPSA) is 111 Å². The van der Waals surface area contributed by atoms with Gasteiger partial charge < -0.3 is 15.8 Å². The minimum absolute atomic E-state index is 0. The lowest BCUT2D eigenvalue weighted by Gasteiger charge is -2.57. The van der Waals surface area contributed by atoms with Gasteiger partial charge in [0.05, 0.1) is 11.0 Å². The average Bonchev–Trinajstić information content (AvgIpc) is 2.54. The van der Waals surface area contributed by atoms with Crippen molar-refractivity contribution in [3.05, 3.63) is 24.3 Å². The molecule has 7 nitrogen and oxygen atoms in total. The van der Waals surface area contributed by atoms with Gasteiger partial charge >= 0.3 is 0 Å². The van der Waals surface area contributed by atoms with Crippen LogP contribution in [0.15, 0.2) is 29.2 Å². The molecule has 0 aliphatic heterocycles. The van der Waals surface area contributed by atoms with E-state index in [0.717, 1.165) is 0 Å². The highest BCUT2D eigenvalue weighted by molar-refractivity contribution is 7.89. The smallest absolute Gasteiger partial charge is 0.245 e. The van der Waals surface area contributed by atoms with Gasteiger partial charge in [-0.25, -0.2) is 13.1 Å². The highest BCUT2D eigenvalue weighted by atomic mass is 35.5. The lowest BCUT2D eigenvalue weighted by Crippen LogP contribution is -2.74. The summed E-state index contributed by atoms with van der Waals surface area (Å²) < 4.78 is 31.6. The number of ether oxygens (including phenoxy) is 1. The van der Waals surface area contributed by atoms with Gasteiger partial charge in [0.1, 0.15) is 5.54 Å². The summed E-state index contributed by atoms with van der Waals surface area (Å²) in [6, 6.07) is 6.05. The third kappa shape index (κ3) is 3.83. The van der Waals surface area contributed by atoms with Gasteiger partial charge in [-0.2, -0.15) is 0 Å². The Morgan fingerprint density at radius 1 is 1.40 bits per heavy atom. The van der Waals surface area contributed by atoms with Crippen LogP contribution in [0.3, 0.4) is 0 Å². The van der Waals surface area contributed by atoms with Crippen LogP contribution >= 0.6 is 12.4 Å². The minimum atomic E-state index is -3.58. The second-order valence-electron chi connectivity index (χ2n) is 6.53. The normalized spacial score (nSPS) is 24.8. The molecule has 4 N–H and O–H groups in total. The zero-order valence-corrected chi connectivity index (χ0v) is 16.5. The summed E-state index contributed by atoms with van der Waals surface area (Å²) in [5.41, 5.74) is 5.13. The molecule has 1 aliphatic carbocycles. The molecule has 2 unspecified atom stereocenters. The maximum atomic E-state index is 12.7. The molecule has 142 valence electrons. The van der Waals surface area contributed by atoms with E-state index in [0.29, 0.717) is 18.7 Å². The molecule has 0 spiro atoms. The summed E-state index contributed by atoms with van der Waals surface area (Å²) in [4.78, 5) is 12.7. The van der Waals surface area contributed by atoms with Gasteiger partial charge in [-0.3, -0.25) is 4.79 Å². The van der Waals surface area contributed by atoms with Crippen LogP contribution in [-0.4, -0.2) is 39.6 Å². The Morgan fingerprint density at radius 2 is 2.04 bits per heavy atom. The van der Waals surface area contributed by atoms with E-state index < -0.39 is 21.0 Å². The summed E-state index contributed by atoms with van der Waals surface area (Å²) in [6.45, 7) is 6.27. The van der Waals surface area contributed by atoms with Crippen LogP contribution in [0.25, 0.3) is 0 Å². The summed E-state index contributed by atoms with van der Waals surface area (Å²) >= 11 is 0. The van der Waals surface area contributed by atoms with Gasteiger partial charge in [-0.1, -0.05) is 19.9 Å². The summed E-state index contributed by atoms with van der Waals surface area (Å²) in [6.07, 6.45) is 0.350. The van der Waals surface area contributed by atoms with Crippen LogP contribution in [-0.2, 0) is 19.6 Å². The van der Waals surface area contributed by atoms with Crippen LogP contribution in [0.1, 0.15) is 27.2 Å². The first-order valence-electron chi connectivity index (χ1n) is 7.84. The third-order valence-electron chi connectivity index (χ3n) is 4.91. The van der Waals surface area contributed by atoms with E-state index in [1.807, 2.05) is 20.8 Å². The van der Waals surface area contributed by atoms with Crippen LogP contribution in [0, 0.1) is 5.41 Å². The molecule has 1 amide bonds. The van der Waals surface area contributed by atoms with Crippen molar-refractivity contribution < 1.29 is 17.9 Å². The van der Waals surface area contributed by atoms with E-state index in [1.165, 1.54) is 19.2 Å². The number of rotatable bonds is 6. The van der Waals surface area contributed by atoms with Crippen LogP contribution in [0.5, 0.6) is 0 Å². The average molecular weight is 392 g/mol. The highest BCUT2D eigenvalue weighted by Gasteiger charge is 2.62. The standard InChI is InChI=1S/C16H25N3O4S.ClH/c1-5-23-13-10-16(17,15(13,2)3)14(20)19-11-7-6-8-12(9-11)24(21,22)18-4;/h6-9,13,18H,5,10,17H2,1-4H3,(H,19,20);1H. The van der Waals surface area contributed by atoms with Gasteiger partial charge in [0, 0.05) is 24.1 Å². The van der Waals surface area contributed by atoms with Crippen molar-refractivity contribution >= 4 is 34.0 Å². The van der Waals surface area contributed by atoms with E-state index >= 15 is 0 Å². The number of benzene rings is 1. The van der Waals surface area contributed by atoms with Crippen molar-refractivity contribution in [2.24, 2.45) is 11.1 Å². The van der Waals surface area contributed by atoms with E-state index in [-0.39, 0.29) is 29.3 Å². The van der Waals surface area contributed by atoms with Gasteiger partial charge in [0.25, 0.3) is 0 Å². The minimum Gasteiger partial charge on any atom is -0.378 e. The molecule has 1 saturated carbocycles. The van der Waals surface area contributed by atoms with Gasteiger partial charge in [0.2, 0.25) is 15.9 Å². The Hall–Kier alpha value is -1.19. The molecule has 1 aromatic carbocycles. The second kappa shape index (κ2) is 7.59. The Bertz CT molecular complexity index is 739. The molecule has 0 saturated heterocycles. The molecule has 0 bridgehead atoms. The number of anilines is 1. The largest absolute Gasteiger partial charge is 0.378 e. The van der Waals surface area contributed by atoms with Crippen molar-refractivity contribution in [3.63, 3.8) is 0 Å². The predicted octanol–water partition coefficient (Wildman–Crippen LogP) is 1.49. The highest BCUT2D eigenvalue weighted by Crippen LogP contribution is 2.50. The molecule has 0 aromatic heterocycles. The number of hydrogen-bond donors (Lipinski definition) is 3. The molecule has 0 heterocycles. The lowest BCUT2D eigenvalue weighted by atomic mass is 9.54.